The van der Waals surface area contributed by atoms with Crippen LogP contribution < -0.4 is 10.6 Å². The molecule has 0 aliphatic carbocycles. The monoisotopic (exact) mass is 377 g/mol. The topological polar surface area (TPSA) is 80.3 Å². The van der Waals surface area contributed by atoms with Gasteiger partial charge in [-0.1, -0.05) is 19.1 Å². The molecule has 28 heavy (non-hydrogen) atoms. The average molecular weight is 377 g/mol. The lowest BCUT2D eigenvalue weighted by Gasteiger charge is -2.15. The molecule has 0 radical (unpaired) electrons. The molecule has 1 amide bonds. The lowest BCUT2D eigenvalue weighted by Crippen LogP contribution is -2.17. The Hall–Kier alpha value is -3.41. The standard InChI is InChI=1S/C22H23N3O3/c1-4-14-6-9-16(10-7-14)25-20-17-12-15(21(26)23-3)8-11-19(17)24-13-18(20)22(27)28-5-2/h6-13H,4-5H2,1-3H3,(H,23,26)(H,24,25). The quantitative estimate of drug-likeness (QED) is 0.633. The lowest BCUT2D eigenvalue weighted by molar-refractivity contribution is 0.0527. The number of carbonyl (C=O) groups is 2. The van der Waals surface area contributed by atoms with Crippen molar-refractivity contribution in [3.63, 3.8) is 0 Å². The number of fused-ring (bicyclic) bond motifs is 1. The predicted octanol–water partition coefficient (Wildman–Crippen LogP) is 4.08. The minimum absolute atomic E-state index is 0.207. The van der Waals surface area contributed by atoms with E-state index in [1.54, 1.807) is 32.2 Å². The zero-order chi connectivity index (χ0) is 20.1. The molecule has 6 nitrogen and oxygen atoms in total. The first-order valence-electron chi connectivity index (χ1n) is 9.25. The van der Waals surface area contributed by atoms with Crippen LogP contribution in [0.15, 0.2) is 48.7 Å². The second-order valence-electron chi connectivity index (χ2n) is 6.25. The average Bonchev–Trinajstić information content (AvgIpc) is 2.73. The molecule has 3 rings (SSSR count). The number of hydrogen-bond donors (Lipinski definition) is 2. The van der Waals surface area contributed by atoms with E-state index >= 15 is 0 Å². The van der Waals surface area contributed by atoms with Crippen molar-refractivity contribution in [2.75, 3.05) is 19.0 Å². The molecule has 0 atom stereocenters. The highest BCUT2D eigenvalue weighted by atomic mass is 16.5. The summed E-state index contributed by atoms with van der Waals surface area (Å²) in [5, 5.41) is 6.60. The summed E-state index contributed by atoms with van der Waals surface area (Å²) >= 11 is 0. The minimum Gasteiger partial charge on any atom is -0.462 e. The van der Waals surface area contributed by atoms with E-state index in [-0.39, 0.29) is 12.5 Å². The molecule has 0 saturated heterocycles. The molecule has 0 spiro atoms. The Balaban J connectivity index is 2.16. The number of carbonyl (C=O) groups excluding carboxylic acids is 2. The first-order chi connectivity index (χ1) is 13.6. The third kappa shape index (κ3) is 3.96. The second-order valence-corrected chi connectivity index (χ2v) is 6.25. The highest BCUT2D eigenvalue weighted by Crippen LogP contribution is 2.30. The van der Waals surface area contributed by atoms with Crippen LogP contribution in [-0.4, -0.2) is 30.5 Å². The summed E-state index contributed by atoms with van der Waals surface area (Å²) in [6.07, 6.45) is 2.45. The highest BCUT2D eigenvalue weighted by Gasteiger charge is 2.18. The Morgan fingerprint density at radius 3 is 2.46 bits per heavy atom. The number of nitrogens with zero attached hydrogens (tertiary/aromatic N) is 1. The van der Waals surface area contributed by atoms with Gasteiger partial charge < -0.3 is 15.4 Å². The number of ether oxygens (including phenoxy) is 1. The zero-order valence-corrected chi connectivity index (χ0v) is 16.2. The van der Waals surface area contributed by atoms with Gasteiger partial charge in [0.2, 0.25) is 0 Å². The van der Waals surface area contributed by atoms with Crippen molar-refractivity contribution in [1.29, 1.82) is 0 Å². The SMILES string of the molecule is CCOC(=O)c1cnc2ccc(C(=O)NC)cc2c1Nc1ccc(CC)cc1. The van der Waals surface area contributed by atoms with Crippen LogP contribution in [-0.2, 0) is 11.2 Å². The Morgan fingerprint density at radius 1 is 1.07 bits per heavy atom. The summed E-state index contributed by atoms with van der Waals surface area (Å²) in [6, 6.07) is 13.2. The maximum absolute atomic E-state index is 12.5. The smallest absolute Gasteiger partial charge is 0.341 e. The molecule has 1 heterocycles. The number of esters is 1. The first kappa shape index (κ1) is 19.4. The Labute approximate surface area is 163 Å². The van der Waals surface area contributed by atoms with Gasteiger partial charge in [-0.25, -0.2) is 4.79 Å². The van der Waals surface area contributed by atoms with Crippen LogP contribution in [0.1, 0.15) is 40.1 Å². The number of anilines is 2. The molecule has 0 bridgehead atoms. The summed E-state index contributed by atoms with van der Waals surface area (Å²) in [4.78, 5) is 28.9. The molecule has 0 fully saturated rings. The molecule has 1 aromatic heterocycles. The summed E-state index contributed by atoms with van der Waals surface area (Å²) < 4.78 is 5.19. The maximum Gasteiger partial charge on any atom is 0.341 e. The molecule has 2 aromatic carbocycles. The highest BCUT2D eigenvalue weighted by molar-refractivity contribution is 6.08. The molecule has 0 aliphatic heterocycles. The van der Waals surface area contributed by atoms with Gasteiger partial charge in [0.15, 0.2) is 0 Å². The van der Waals surface area contributed by atoms with Crippen molar-refractivity contribution < 1.29 is 14.3 Å². The van der Waals surface area contributed by atoms with E-state index < -0.39 is 5.97 Å². The molecule has 2 N–H and O–H groups in total. The summed E-state index contributed by atoms with van der Waals surface area (Å²) in [7, 11) is 1.58. The van der Waals surface area contributed by atoms with Gasteiger partial charge >= 0.3 is 5.97 Å². The fourth-order valence-electron chi connectivity index (χ4n) is 2.94. The molecular weight excluding hydrogens is 354 g/mol. The number of benzene rings is 2. The normalized spacial score (nSPS) is 10.5. The van der Waals surface area contributed by atoms with E-state index in [0.29, 0.717) is 27.7 Å². The second kappa shape index (κ2) is 8.52. The van der Waals surface area contributed by atoms with E-state index in [1.807, 2.05) is 24.3 Å². The van der Waals surface area contributed by atoms with E-state index in [2.05, 4.69) is 22.5 Å². The first-order valence-corrected chi connectivity index (χ1v) is 9.25. The molecule has 0 saturated carbocycles. The van der Waals surface area contributed by atoms with E-state index in [1.165, 1.54) is 11.8 Å². The van der Waals surface area contributed by atoms with Crippen LogP contribution in [0, 0.1) is 0 Å². The van der Waals surface area contributed by atoms with Crippen LogP contribution in [0.4, 0.5) is 11.4 Å². The Morgan fingerprint density at radius 2 is 1.82 bits per heavy atom. The Kier molecular flexibility index (Phi) is 5.89. The van der Waals surface area contributed by atoms with Gasteiger partial charge in [-0.3, -0.25) is 9.78 Å². The van der Waals surface area contributed by atoms with E-state index in [0.717, 1.165) is 12.1 Å². The van der Waals surface area contributed by atoms with Gasteiger partial charge in [0, 0.05) is 29.9 Å². The third-order valence-electron chi connectivity index (χ3n) is 4.48. The van der Waals surface area contributed by atoms with Gasteiger partial charge in [-0.15, -0.1) is 0 Å². The van der Waals surface area contributed by atoms with Crippen molar-refractivity contribution in [1.82, 2.24) is 10.3 Å². The van der Waals surface area contributed by atoms with Crippen LogP contribution in [0.2, 0.25) is 0 Å². The molecule has 144 valence electrons. The summed E-state index contributed by atoms with van der Waals surface area (Å²) in [5.74, 6) is -0.670. The van der Waals surface area contributed by atoms with E-state index in [9.17, 15) is 9.59 Å². The number of hydrogen-bond acceptors (Lipinski definition) is 5. The molecule has 0 aliphatic rings. The van der Waals surface area contributed by atoms with Crippen LogP contribution >= 0.6 is 0 Å². The van der Waals surface area contributed by atoms with E-state index in [4.69, 9.17) is 4.74 Å². The fourth-order valence-corrected chi connectivity index (χ4v) is 2.94. The Bertz CT molecular complexity index is 1010. The van der Waals surface area contributed by atoms with Gasteiger partial charge in [0.1, 0.15) is 5.56 Å². The number of aryl methyl sites for hydroxylation is 1. The van der Waals surface area contributed by atoms with Gasteiger partial charge in [0.05, 0.1) is 17.8 Å². The zero-order valence-electron chi connectivity index (χ0n) is 16.2. The number of aromatic nitrogens is 1. The van der Waals surface area contributed by atoms with Gasteiger partial charge in [-0.05, 0) is 49.2 Å². The lowest BCUT2D eigenvalue weighted by atomic mass is 10.0. The fraction of sp³-hybridized carbons (Fsp3) is 0.227. The van der Waals surface area contributed by atoms with Gasteiger partial charge in [0.25, 0.3) is 5.91 Å². The predicted molar refractivity (Wildman–Crippen MR) is 110 cm³/mol. The minimum atomic E-state index is -0.463. The molecular formula is C22H23N3O3. The van der Waals surface area contributed by atoms with Crippen LogP contribution in [0.25, 0.3) is 10.9 Å². The molecule has 0 unspecified atom stereocenters. The van der Waals surface area contributed by atoms with Crippen molar-refractivity contribution >= 4 is 34.2 Å². The third-order valence-corrected chi connectivity index (χ3v) is 4.48. The number of pyridine rings is 1. The van der Waals surface area contributed by atoms with Crippen LogP contribution in [0.3, 0.4) is 0 Å². The van der Waals surface area contributed by atoms with Crippen molar-refractivity contribution in [3.05, 3.63) is 65.4 Å². The van der Waals surface area contributed by atoms with Crippen molar-refractivity contribution in [3.8, 4) is 0 Å². The van der Waals surface area contributed by atoms with Crippen LogP contribution in [0.5, 0.6) is 0 Å². The number of rotatable bonds is 6. The number of nitrogens with one attached hydrogen (secondary N) is 2. The number of amides is 1. The van der Waals surface area contributed by atoms with Crippen molar-refractivity contribution in [2.45, 2.75) is 20.3 Å². The molecule has 3 aromatic rings. The maximum atomic E-state index is 12.5. The van der Waals surface area contributed by atoms with Crippen molar-refractivity contribution in [2.24, 2.45) is 0 Å². The summed E-state index contributed by atoms with van der Waals surface area (Å²) in [5.41, 5.74) is 4.11. The molecule has 6 heteroatoms. The summed E-state index contributed by atoms with van der Waals surface area (Å²) in [6.45, 7) is 4.12. The van der Waals surface area contributed by atoms with Gasteiger partial charge in [-0.2, -0.15) is 0 Å². The largest absolute Gasteiger partial charge is 0.462 e.